The van der Waals surface area contributed by atoms with Crippen molar-refractivity contribution in [2.45, 2.75) is 46.1 Å². The van der Waals surface area contributed by atoms with E-state index >= 15 is 0 Å². The van der Waals surface area contributed by atoms with E-state index in [1.165, 1.54) is 18.1 Å². The largest absolute Gasteiger partial charge is 0.508 e. The second kappa shape index (κ2) is 9.89. The molecule has 9 heteroatoms. The molecule has 0 aliphatic carbocycles. The van der Waals surface area contributed by atoms with Crippen LogP contribution in [0.25, 0.3) is 0 Å². The zero-order chi connectivity index (χ0) is 24.2. The Morgan fingerprint density at radius 1 is 1.12 bits per heavy atom. The Hall–Kier alpha value is -3.62. The van der Waals surface area contributed by atoms with Crippen molar-refractivity contribution in [3.8, 4) is 17.2 Å². The molecule has 2 N–H and O–H groups in total. The van der Waals surface area contributed by atoms with E-state index in [1.54, 1.807) is 39.0 Å². The molecule has 0 saturated heterocycles. The molecule has 1 aliphatic rings. The van der Waals surface area contributed by atoms with Crippen molar-refractivity contribution in [2.75, 3.05) is 25.3 Å². The first-order chi connectivity index (χ1) is 15.6. The molecule has 1 heterocycles. The van der Waals surface area contributed by atoms with E-state index in [-0.39, 0.29) is 19.1 Å². The predicted octanol–water partition coefficient (Wildman–Crippen LogP) is 4.66. The predicted molar refractivity (Wildman–Crippen MR) is 123 cm³/mol. The molecule has 1 aliphatic heterocycles. The van der Waals surface area contributed by atoms with Gasteiger partial charge < -0.3 is 29.4 Å². The first-order valence-corrected chi connectivity index (χ1v) is 10.7. The van der Waals surface area contributed by atoms with Crippen LogP contribution in [-0.2, 0) is 22.3 Å². The summed E-state index contributed by atoms with van der Waals surface area (Å²) in [7, 11) is 1.28. The van der Waals surface area contributed by atoms with Crippen LogP contribution >= 0.6 is 0 Å². The molecule has 33 heavy (non-hydrogen) atoms. The van der Waals surface area contributed by atoms with E-state index in [2.05, 4.69) is 5.32 Å². The molecule has 3 rings (SSSR count). The van der Waals surface area contributed by atoms with Crippen LogP contribution in [0.5, 0.6) is 17.2 Å². The molecule has 0 aromatic heterocycles. The molecule has 0 spiro atoms. The van der Waals surface area contributed by atoms with Crippen LogP contribution in [0.4, 0.5) is 21.0 Å². The second-order valence-electron chi connectivity index (χ2n) is 8.48. The topological polar surface area (TPSA) is 107 Å². The fourth-order valence-corrected chi connectivity index (χ4v) is 3.44. The number of aromatic hydroxyl groups is 1. The Balaban J connectivity index is 1.95. The van der Waals surface area contributed by atoms with Gasteiger partial charge in [-0.3, -0.25) is 0 Å². The van der Waals surface area contributed by atoms with Gasteiger partial charge in [0.05, 0.1) is 18.5 Å². The Bertz CT molecular complexity index is 1030. The number of aryl methyl sites for hydroxylation is 1. The van der Waals surface area contributed by atoms with Gasteiger partial charge in [0.25, 0.3) is 0 Å². The number of phenols is 1. The maximum absolute atomic E-state index is 12.8. The molecule has 9 nitrogen and oxygen atoms in total. The standard InChI is InChI=1S/C24H30N2O7/c1-6-15-11-16(9-10-25-22(28)33-24(2,3)4)18(13-19(15)27)26(23(29)30-5)17-7-8-20-21(12-17)32-14-31-20/h7-8,11-13,27H,6,9-10,14H2,1-5H3,(H,25,28). The van der Waals surface area contributed by atoms with Gasteiger partial charge in [0.1, 0.15) is 11.4 Å². The van der Waals surface area contributed by atoms with E-state index in [0.29, 0.717) is 35.7 Å². The van der Waals surface area contributed by atoms with Crippen molar-refractivity contribution in [2.24, 2.45) is 0 Å². The van der Waals surface area contributed by atoms with E-state index in [1.807, 2.05) is 13.0 Å². The SMILES string of the molecule is CCc1cc(CCNC(=O)OC(C)(C)C)c(N(C(=O)OC)c2ccc3c(c2)OCO3)cc1O. The molecule has 178 valence electrons. The lowest BCUT2D eigenvalue weighted by atomic mass is 10.0. The quantitative estimate of drug-likeness (QED) is 0.649. The molecule has 0 radical (unpaired) electrons. The fraction of sp³-hybridized carbons (Fsp3) is 0.417. The van der Waals surface area contributed by atoms with Crippen LogP contribution < -0.4 is 19.7 Å². The van der Waals surface area contributed by atoms with Gasteiger partial charge in [-0.05, 0) is 62.9 Å². The Labute approximate surface area is 193 Å². The molecular weight excluding hydrogens is 428 g/mol. The highest BCUT2D eigenvalue weighted by atomic mass is 16.7. The Kier molecular flexibility index (Phi) is 7.20. The Morgan fingerprint density at radius 2 is 1.85 bits per heavy atom. The van der Waals surface area contributed by atoms with Gasteiger partial charge in [-0.15, -0.1) is 0 Å². The number of alkyl carbamates (subject to hydrolysis) is 1. The zero-order valence-corrected chi connectivity index (χ0v) is 19.6. The van der Waals surface area contributed by atoms with Crippen LogP contribution in [0.15, 0.2) is 30.3 Å². The van der Waals surface area contributed by atoms with Crippen molar-refractivity contribution < 1.29 is 33.6 Å². The number of carbonyl (C=O) groups is 2. The molecular formula is C24H30N2O7. The highest BCUT2D eigenvalue weighted by Gasteiger charge is 2.26. The molecule has 0 bridgehead atoms. The summed E-state index contributed by atoms with van der Waals surface area (Å²) in [6.45, 7) is 7.66. The number of rotatable bonds is 6. The summed E-state index contributed by atoms with van der Waals surface area (Å²) in [4.78, 5) is 26.2. The van der Waals surface area contributed by atoms with Gasteiger partial charge in [-0.1, -0.05) is 6.92 Å². The number of nitrogens with zero attached hydrogens (tertiary/aromatic N) is 1. The summed E-state index contributed by atoms with van der Waals surface area (Å²) >= 11 is 0. The number of methoxy groups -OCH3 is 1. The van der Waals surface area contributed by atoms with E-state index < -0.39 is 17.8 Å². The minimum Gasteiger partial charge on any atom is -0.508 e. The van der Waals surface area contributed by atoms with Crippen molar-refractivity contribution >= 4 is 23.6 Å². The highest BCUT2D eigenvalue weighted by molar-refractivity contribution is 5.97. The third-order valence-corrected chi connectivity index (χ3v) is 4.94. The third kappa shape index (κ3) is 5.79. The average molecular weight is 459 g/mol. The number of fused-ring (bicyclic) bond motifs is 1. The lowest BCUT2D eigenvalue weighted by Gasteiger charge is -2.25. The number of carbonyl (C=O) groups excluding carboxylic acids is 2. The number of hydrogen-bond donors (Lipinski definition) is 2. The number of nitrogens with one attached hydrogen (secondary N) is 1. The van der Waals surface area contributed by atoms with Crippen LogP contribution in [-0.4, -0.2) is 43.3 Å². The summed E-state index contributed by atoms with van der Waals surface area (Å²) in [6, 6.07) is 8.44. The van der Waals surface area contributed by atoms with Crippen molar-refractivity contribution in [1.82, 2.24) is 5.32 Å². The maximum atomic E-state index is 12.8. The van der Waals surface area contributed by atoms with Gasteiger partial charge >= 0.3 is 12.2 Å². The van der Waals surface area contributed by atoms with Crippen molar-refractivity contribution in [3.63, 3.8) is 0 Å². The Morgan fingerprint density at radius 3 is 2.52 bits per heavy atom. The highest BCUT2D eigenvalue weighted by Crippen LogP contribution is 2.40. The minimum atomic E-state index is -0.640. The lowest BCUT2D eigenvalue weighted by molar-refractivity contribution is 0.0528. The third-order valence-electron chi connectivity index (χ3n) is 4.94. The number of hydrogen-bond acceptors (Lipinski definition) is 7. The monoisotopic (exact) mass is 458 g/mol. The summed E-state index contributed by atoms with van der Waals surface area (Å²) in [5.41, 5.74) is 1.77. The van der Waals surface area contributed by atoms with Crippen molar-refractivity contribution in [3.05, 3.63) is 41.5 Å². The van der Waals surface area contributed by atoms with E-state index in [4.69, 9.17) is 18.9 Å². The van der Waals surface area contributed by atoms with Crippen LogP contribution in [0, 0.1) is 0 Å². The van der Waals surface area contributed by atoms with Crippen LogP contribution in [0.3, 0.4) is 0 Å². The molecule has 0 fully saturated rings. The minimum absolute atomic E-state index is 0.0611. The first kappa shape index (κ1) is 24.0. The number of ether oxygens (including phenoxy) is 4. The van der Waals surface area contributed by atoms with Crippen LogP contribution in [0.2, 0.25) is 0 Å². The molecule has 2 aromatic carbocycles. The number of anilines is 2. The molecule has 0 atom stereocenters. The summed E-state index contributed by atoms with van der Waals surface area (Å²) in [5.74, 6) is 1.14. The van der Waals surface area contributed by atoms with Gasteiger partial charge in [0.2, 0.25) is 6.79 Å². The molecule has 0 saturated carbocycles. The van der Waals surface area contributed by atoms with E-state index in [9.17, 15) is 14.7 Å². The van der Waals surface area contributed by atoms with Gasteiger partial charge in [0, 0.05) is 18.7 Å². The summed E-state index contributed by atoms with van der Waals surface area (Å²) < 4.78 is 21.1. The fourth-order valence-electron chi connectivity index (χ4n) is 3.44. The zero-order valence-electron chi connectivity index (χ0n) is 19.6. The van der Waals surface area contributed by atoms with Gasteiger partial charge in [-0.2, -0.15) is 0 Å². The molecule has 0 unspecified atom stereocenters. The van der Waals surface area contributed by atoms with Crippen molar-refractivity contribution in [1.29, 1.82) is 0 Å². The smallest absolute Gasteiger partial charge is 0.418 e. The van der Waals surface area contributed by atoms with Gasteiger partial charge in [-0.25, -0.2) is 14.5 Å². The number of amides is 2. The normalized spacial score (nSPS) is 12.3. The second-order valence-corrected chi connectivity index (χ2v) is 8.48. The maximum Gasteiger partial charge on any atom is 0.418 e. The lowest BCUT2D eigenvalue weighted by Crippen LogP contribution is -2.34. The first-order valence-electron chi connectivity index (χ1n) is 10.7. The summed E-state index contributed by atoms with van der Waals surface area (Å²) in [5, 5.41) is 13.3. The summed E-state index contributed by atoms with van der Waals surface area (Å²) in [6.07, 6.45) is -0.182. The number of benzene rings is 2. The molecule has 2 amide bonds. The molecule has 2 aromatic rings. The van der Waals surface area contributed by atoms with E-state index in [0.717, 1.165) is 11.1 Å². The van der Waals surface area contributed by atoms with Crippen LogP contribution in [0.1, 0.15) is 38.8 Å². The van der Waals surface area contributed by atoms with Gasteiger partial charge in [0.15, 0.2) is 11.5 Å². The average Bonchev–Trinajstić information content (AvgIpc) is 3.21. The number of phenolic OH excluding ortho intramolecular Hbond substituents is 1.